The lowest BCUT2D eigenvalue weighted by Gasteiger charge is -2.26. The predicted molar refractivity (Wildman–Crippen MR) is 141 cm³/mol. The molecule has 0 bridgehead atoms. The molecule has 4 aromatic rings. The molecule has 6 rings (SSSR count). The van der Waals surface area contributed by atoms with E-state index in [0.29, 0.717) is 50.7 Å². The van der Waals surface area contributed by atoms with Crippen LogP contribution in [0.15, 0.2) is 60.2 Å². The molecule has 12 heteroatoms. The summed E-state index contributed by atoms with van der Waals surface area (Å²) < 4.78 is 40.9. The second-order valence-corrected chi connectivity index (χ2v) is 9.47. The lowest BCUT2D eigenvalue weighted by molar-refractivity contribution is -0.185. The summed E-state index contributed by atoms with van der Waals surface area (Å²) in [4.78, 5) is 25.3. The molecular formula is C28H22N2O9S. The number of methoxy groups -OCH3 is 2. The van der Waals surface area contributed by atoms with Gasteiger partial charge >= 0.3 is 11.9 Å². The largest absolute Gasteiger partial charge is 0.497 e. The molecule has 0 saturated heterocycles. The van der Waals surface area contributed by atoms with Crippen molar-refractivity contribution in [3.8, 4) is 23.0 Å². The summed E-state index contributed by atoms with van der Waals surface area (Å²) in [6, 6.07) is 15.1. The van der Waals surface area contributed by atoms with Crippen LogP contribution in [0.2, 0.25) is 0 Å². The Morgan fingerprint density at radius 2 is 1.85 bits per heavy atom. The highest BCUT2D eigenvalue weighted by Gasteiger charge is 2.48. The Morgan fingerprint density at radius 1 is 1.02 bits per heavy atom. The summed E-state index contributed by atoms with van der Waals surface area (Å²) in [5.74, 6) is -1.63. The van der Waals surface area contributed by atoms with Crippen LogP contribution in [0.1, 0.15) is 16.7 Å². The highest BCUT2D eigenvalue weighted by Crippen LogP contribution is 2.47. The van der Waals surface area contributed by atoms with Crippen LogP contribution in [0.25, 0.3) is 16.6 Å². The van der Waals surface area contributed by atoms with E-state index in [4.69, 9.17) is 28.4 Å². The van der Waals surface area contributed by atoms with Gasteiger partial charge in [-0.3, -0.25) is 0 Å². The first-order valence-corrected chi connectivity index (χ1v) is 12.8. The Kier molecular flexibility index (Phi) is 6.48. The molecule has 0 aliphatic carbocycles. The third-order valence-electron chi connectivity index (χ3n) is 6.68. The van der Waals surface area contributed by atoms with Crippen molar-refractivity contribution in [2.75, 3.05) is 27.6 Å². The minimum absolute atomic E-state index is 0.0138. The average molecular weight is 563 g/mol. The van der Waals surface area contributed by atoms with Gasteiger partial charge in [0.1, 0.15) is 22.5 Å². The van der Waals surface area contributed by atoms with Gasteiger partial charge in [0.15, 0.2) is 18.1 Å². The molecule has 0 spiro atoms. The number of hydrogen-bond acceptors (Lipinski definition) is 12. The van der Waals surface area contributed by atoms with Crippen LogP contribution in [0.4, 0.5) is 0 Å². The molecule has 1 atom stereocenters. The van der Waals surface area contributed by atoms with Crippen molar-refractivity contribution >= 4 is 40.3 Å². The zero-order valence-electron chi connectivity index (χ0n) is 21.3. The maximum Gasteiger partial charge on any atom is 0.343 e. The van der Waals surface area contributed by atoms with E-state index in [1.165, 1.54) is 14.2 Å². The molecule has 11 nitrogen and oxygen atoms in total. The molecule has 40 heavy (non-hydrogen) atoms. The number of nitrogens with zero attached hydrogens (tertiary/aromatic N) is 2. The molecular weight excluding hydrogens is 540 g/mol. The fourth-order valence-corrected chi connectivity index (χ4v) is 5.16. The van der Waals surface area contributed by atoms with Crippen LogP contribution in [0.5, 0.6) is 23.0 Å². The van der Waals surface area contributed by atoms with E-state index >= 15 is 0 Å². The van der Waals surface area contributed by atoms with E-state index in [-0.39, 0.29) is 31.0 Å². The Bertz CT molecular complexity index is 1680. The molecule has 1 unspecified atom stereocenters. The fourth-order valence-electron chi connectivity index (χ4n) is 4.65. The maximum atomic E-state index is 13.5. The summed E-state index contributed by atoms with van der Waals surface area (Å²) in [5.41, 5.74) is 2.95. The number of aliphatic hydroxyl groups is 1. The molecule has 1 N–H and O–H groups in total. The van der Waals surface area contributed by atoms with Crippen LogP contribution in [-0.4, -0.2) is 53.4 Å². The third kappa shape index (κ3) is 4.46. The Hall–Kier alpha value is -4.68. The van der Waals surface area contributed by atoms with Gasteiger partial charge in [-0.1, -0.05) is 12.1 Å². The molecule has 3 heterocycles. The number of carbonyl (C=O) groups excluding carboxylic acids is 2. The first kappa shape index (κ1) is 25.6. The summed E-state index contributed by atoms with van der Waals surface area (Å²) in [5, 5.41) is 12.1. The van der Waals surface area contributed by atoms with E-state index in [9.17, 15) is 14.7 Å². The number of hydrogen-bond donors (Lipinski definition) is 1. The fraction of sp³-hybridized carbons (Fsp3) is 0.214. The van der Waals surface area contributed by atoms with Crippen LogP contribution in [0, 0.1) is 0 Å². The van der Waals surface area contributed by atoms with Gasteiger partial charge in [0.2, 0.25) is 6.79 Å². The zero-order chi connectivity index (χ0) is 27.9. The van der Waals surface area contributed by atoms with Gasteiger partial charge in [0, 0.05) is 23.6 Å². The molecule has 1 aromatic heterocycles. The van der Waals surface area contributed by atoms with Crippen molar-refractivity contribution in [1.82, 2.24) is 8.75 Å². The molecule has 0 fully saturated rings. The lowest BCUT2D eigenvalue weighted by atomic mass is 9.87. The predicted octanol–water partition coefficient (Wildman–Crippen LogP) is 3.38. The van der Waals surface area contributed by atoms with Crippen LogP contribution in [0.3, 0.4) is 0 Å². The average Bonchev–Trinajstić information content (AvgIpc) is 3.69. The van der Waals surface area contributed by atoms with Gasteiger partial charge in [-0.25, -0.2) is 9.59 Å². The van der Waals surface area contributed by atoms with Crippen molar-refractivity contribution < 1.29 is 43.1 Å². The van der Waals surface area contributed by atoms with Gasteiger partial charge < -0.3 is 33.5 Å². The van der Waals surface area contributed by atoms with Crippen molar-refractivity contribution in [3.63, 3.8) is 0 Å². The normalized spacial score (nSPS) is 17.7. The minimum Gasteiger partial charge on any atom is -0.497 e. The van der Waals surface area contributed by atoms with Gasteiger partial charge in [-0.05, 0) is 47.5 Å². The van der Waals surface area contributed by atoms with Crippen LogP contribution in [-0.2, 0) is 31.3 Å². The number of benzene rings is 3. The Balaban J connectivity index is 1.50. The number of rotatable bonds is 8. The Labute approximate surface area is 231 Å². The van der Waals surface area contributed by atoms with E-state index < -0.39 is 17.7 Å². The van der Waals surface area contributed by atoms with Gasteiger partial charge in [-0.15, -0.1) is 0 Å². The standard InChI is InChI=1S/C28H22N2O9S/c1-34-18-6-3-15(23(12-18)36-13-25(31)35-2)9-19-26(16-4-8-22-24(10-16)38-14-37-22)27(32)39-28(19,33)17-5-7-20-21(11-17)30-40-29-20/h3-8,10-12,33H,9,13-14H2,1-2H3. The van der Waals surface area contributed by atoms with Gasteiger partial charge in [0.25, 0.3) is 5.79 Å². The molecule has 0 radical (unpaired) electrons. The van der Waals surface area contributed by atoms with Crippen LogP contribution < -0.4 is 18.9 Å². The maximum absolute atomic E-state index is 13.5. The third-order valence-corrected chi connectivity index (χ3v) is 7.23. The number of esters is 2. The van der Waals surface area contributed by atoms with Crippen molar-refractivity contribution in [2.24, 2.45) is 0 Å². The number of aromatic nitrogens is 2. The molecule has 0 saturated carbocycles. The SMILES string of the molecule is COC(=O)COc1cc(OC)ccc1CC1=C(c2ccc3c(c2)OCO3)C(=O)OC1(O)c1ccc2nsnc2c1. The highest BCUT2D eigenvalue weighted by atomic mass is 32.1. The zero-order valence-corrected chi connectivity index (χ0v) is 22.1. The number of cyclic esters (lactones) is 1. The van der Waals surface area contributed by atoms with Crippen molar-refractivity contribution in [2.45, 2.75) is 12.2 Å². The molecule has 3 aromatic carbocycles. The second-order valence-electron chi connectivity index (χ2n) is 8.94. The monoisotopic (exact) mass is 562 g/mol. The molecule has 0 amide bonds. The number of ether oxygens (including phenoxy) is 6. The summed E-state index contributed by atoms with van der Waals surface area (Å²) >= 11 is 1.04. The summed E-state index contributed by atoms with van der Waals surface area (Å²) in [6.45, 7) is -0.286. The first-order valence-electron chi connectivity index (χ1n) is 12.1. The van der Waals surface area contributed by atoms with E-state index in [1.807, 2.05) is 0 Å². The first-order chi connectivity index (χ1) is 19.4. The van der Waals surface area contributed by atoms with Crippen LogP contribution >= 0.6 is 11.7 Å². The van der Waals surface area contributed by atoms with Gasteiger partial charge in [0.05, 0.1) is 31.5 Å². The number of carbonyl (C=O) groups is 2. The molecule has 204 valence electrons. The van der Waals surface area contributed by atoms with Gasteiger partial charge in [-0.2, -0.15) is 8.75 Å². The van der Waals surface area contributed by atoms with Crippen molar-refractivity contribution in [1.29, 1.82) is 0 Å². The quantitative estimate of drug-likeness (QED) is 0.317. The Morgan fingerprint density at radius 3 is 2.67 bits per heavy atom. The lowest BCUT2D eigenvalue weighted by Crippen LogP contribution is -2.30. The van der Waals surface area contributed by atoms with E-state index in [0.717, 1.165) is 11.7 Å². The minimum atomic E-state index is -2.14. The second kappa shape index (κ2) is 10.1. The van der Waals surface area contributed by atoms with Crippen molar-refractivity contribution in [3.05, 3.63) is 76.9 Å². The summed E-state index contributed by atoms with van der Waals surface area (Å²) in [6.07, 6.45) is 0.0138. The van der Waals surface area contributed by atoms with E-state index in [1.54, 1.807) is 54.6 Å². The molecule has 2 aliphatic rings. The highest BCUT2D eigenvalue weighted by molar-refractivity contribution is 7.00. The summed E-state index contributed by atoms with van der Waals surface area (Å²) in [7, 11) is 2.77. The smallest absolute Gasteiger partial charge is 0.343 e. The molecule has 2 aliphatic heterocycles. The topological polar surface area (TPSA) is 136 Å². The van der Waals surface area contributed by atoms with E-state index in [2.05, 4.69) is 8.75 Å². The number of fused-ring (bicyclic) bond motifs is 2.